The smallest absolute Gasteiger partial charge is 0.285 e. The van der Waals surface area contributed by atoms with Gasteiger partial charge in [0.1, 0.15) is 0 Å². The predicted molar refractivity (Wildman–Crippen MR) is 135 cm³/mol. The van der Waals surface area contributed by atoms with Crippen molar-refractivity contribution in [3.05, 3.63) is 63.0 Å². The quantitative estimate of drug-likeness (QED) is 0.359. The molecule has 3 rings (SSSR count). The summed E-state index contributed by atoms with van der Waals surface area (Å²) in [4.78, 5) is 25.7. The predicted octanol–water partition coefficient (Wildman–Crippen LogP) is 5.43. The number of nitrogens with zero attached hydrogens (tertiary/aromatic N) is 1. The zero-order chi connectivity index (χ0) is 23.3. The second-order valence-corrected chi connectivity index (χ2v) is 9.92. The van der Waals surface area contributed by atoms with E-state index < -0.39 is 11.8 Å². The summed E-state index contributed by atoms with van der Waals surface area (Å²) in [5.41, 5.74) is 3.75. The number of rotatable bonds is 8. The van der Waals surface area contributed by atoms with Crippen molar-refractivity contribution in [1.29, 1.82) is 0 Å². The first-order valence-electron chi connectivity index (χ1n) is 9.94. The summed E-state index contributed by atoms with van der Waals surface area (Å²) in [6.45, 7) is 4.85. The van der Waals surface area contributed by atoms with Crippen LogP contribution in [0, 0.1) is 5.92 Å². The lowest BCUT2D eigenvalue weighted by atomic mass is 10.1. The van der Waals surface area contributed by atoms with Gasteiger partial charge >= 0.3 is 0 Å². The van der Waals surface area contributed by atoms with Crippen LogP contribution in [0.1, 0.15) is 36.2 Å². The molecule has 6 nitrogen and oxygen atoms in total. The zero-order valence-corrected chi connectivity index (χ0v) is 21.1. The van der Waals surface area contributed by atoms with Gasteiger partial charge in [0.2, 0.25) is 0 Å². The van der Waals surface area contributed by atoms with Crippen molar-refractivity contribution in [2.24, 2.45) is 5.92 Å². The maximum Gasteiger partial charge on any atom is 0.285 e. The molecule has 1 aliphatic rings. The molecule has 1 N–H and O–H groups in total. The zero-order valence-electron chi connectivity index (χ0n) is 17.9. The van der Waals surface area contributed by atoms with Crippen LogP contribution >= 0.6 is 39.9 Å². The highest BCUT2D eigenvalue weighted by molar-refractivity contribution is 9.10. The molecule has 2 aromatic carbocycles. The Morgan fingerprint density at radius 2 is 2.00 bits per heavy atom. The lowest BCUT2D eigenvalue weighted by molar-refractivity contribution is -0.123. The molecule has 1 aliphatic heterocycles. The summed E-state index contributed by atoms with van der Waals surface area (Å²) in [5.74, 6) is 0.908. The van der Waals surface area contributed by atoms with Gasteiger partial charge in [-0.1, -0.05) is 43.8 Å². The summed E-state index contributed by atoms with van der Waals surface area (Å²) in [7, 11) is 1.57. The van der Waals surface area contributed by atoms with Crippen molar-refractivity contribution < 1.29 is 19.1 Å². The van der Waals surface area contributed by atoms with E-state index in [2.05, 4.69) is 35.2 Å². The lowest BCUT2D eigenvalue weighted by Crippen LogP contribution is -2.44. The topological polar surface area (TPSA) is 67.9 Å². The number of methoxy groups -OCH3 is 1. The van der Waals surface area contributed by atoms with Gasteiger partial charge in [-0.2, -0.15) is 5.01 Å². The standard InChI is InChI=1S/C23H23BrN2O4S2/c1-14(2)9-10-30-20-17(24)11-15(12-18(20)29-3)13-19-22(28)26(23(31)32-19)25-21(27)16-7-5-4-6-8-16/h4-8,11-14H,9-10H2,1-3H3,(H,25,27)/b19-13+. The SMILES string of the molecule is COc1cc(/C=C2/SC(=S)N(NC(=O)c3ccccc3)C2=O)cc(Br)c1OCCC(C)C. The van der Waals surface area contributed by atoms with Gasteiger partial charge in [-0.25, -0.2) is 0 Å². The molecule has 0 saturated carbocycles. The van der Waals surface area contributed by atoms with Gasteiger partial charge in [0.05, 0.1) is 23.1 Å². The number of thiocarbonyl (C=S) groups is 1. The number of amides is 2. The first-order chi connectivity index (χ1) is 15.3. The minimum absolute atomic E-state index is 0.255. The third-order valence-corrected chi connectivity index (χ3v) is 6.43. The molecule has 0 spiro atoms. The van der Waals surface area contributed by atoms with E-state index in [-0.39, 0.29) is 4.32 Å². The maximum absolute atomic E-state index is 12.9. The molecule has 0 radical (unpaired) electrons. The van der Waals surface area contributed by atoms with Crippen LogP contribution in [0.25, 0.3) is 6.08 Å². The van der Waals surface area contributed by atoms with E-state index in [0.29, 0.717) is 34.5 Å². The van der Waals surface area contributed by atoms with Gasteiger partial charge in [-0.15, -0.1) is 0 Å². The lowest BCUT2D eigenvalue weighted by Gasteiger charge is -2.15. The Balaban J connectivity index is 1.77. The van der Waals surface area contributed by atoms with Crippen molar-refractivity contribution in [1.82, 2.24) is 10.4 Å². The molecule has 0 bridgehead atoms. The average molecular weight is 535 g/mol. The van der Waals surface area contributed by atoms with E-state index in [1.807, 2.05) is 12.1 Å². The molecule has 1 fully saturated rings. The molecule has 0 aliphatic carbocycles. The Kier molecular flexibility index (Phi) is 8.33. The van der Waals surface area contributed by atoms with Crippen LogP contribution < -0.4 is 14.9 Å². The normalized spacial score (nSPS) is 14.9. The summed E-state index contributed by atoms with van der Waals surface area (Å²) < 4.78 is 12.4. The fourth-order valence-corrected chi connectivity index (χ4v) is 4.58. The molecule has 0 aromatic heterocycles. The van der Waals surface area contributed by atoms with Gasteiger partial charge in [0.15, 0.2) is 15.8 Å². The van der Waals surface area contributed by atoms with Crippen molar-refractivity contribution in [2.45, 2.75) is 20.3 Å². The van der Waals surface area contributed by atoms with E-state index in [4.69, 9.17) is 21.7 Å². The van der Waals surface area contributed by atoms with Crippen LogP contribution in [0.5, 0.6) is 11.5 Å². The first-order valence-corrected chi connectivity index (χ1v) is 12.0. The summed E-state index contributed by atoms with van der Waals surface area (Å²) in [5, 5.41) is 1.09. The van der Waals surface area contributed by atoms with Crippen molar-refractivity contribution >= 4 is 62.1 Å². The molecule has 1 saturated heterocycles. The molecular formula is C23H23BrN2O4S2. The average Bonchev–Trinajstić information content (AvgIpc) is 3.02. The Morgan fingerprint density at radius 3 is 2.66 bits per heavy atom. The number of ether oxygens (including phenoxy) is 2. The third kappa shape index (κ3) is 5.90. The van der Waals surface area contributed by atoms with Crippen LogP contribution in [0.4, 0.5) is 0 Å². The minimum atomic E-state index is -0.407. The number of nitrogens with one attached hydrogen (secondary N) is 1. The Labute approximate surface area is 205 Å². The van der Waals surface area contributed by atoms with Crippen molar-refractivity contribution in [2.75, 3.05) is 13.7 Å². The van der Waals surface area contributed by atoms with Gasteiger partial charge in [0, 0.05) is 5.56 Å². The van der Waals surface area contributed by atoms with Crippen molar-refractivity contribution in [3.8, 4) is 11.5 Å². The number of halogens is 1. The number of carbonyl (C=O) groups excluding carboxylic acids is 2. The molecule has 2 amide bonds. The van der Waals surface area contributed by atoms with Crippen molar-refractivity contribution in [3.63, 3.8) is 0 Å². The van der Waals surface area contributed by atoms with E-state index in [1.54, 1.807) is 43.5 Å². The highest BCUT2D eigenvalue weighted by atomic mass is 79.9. The molecule has 32 heavy (non-hydrogen) atoms. The number of thioether (sulfide) groups is 1. The molecule has 0 atom stereocenters. The maximum atomic E-state index is 12.9. The Bertz CT molecular complexity index is 1060. The largest absolute Gasteiger partial charge is 0.493 e. The molecule has 0 unspecified atom stereocenters. The van der Waals surface area contributed by atoms with Crippen LogP contribution in [-0.2, 0) is 4.79 Å². The summed E-state index contributed by atoms with van der Waals surface area (Å²) in [6.07, 6.45) is 2.63. The minimum Gasteiger partial charge on any atom is -0.493 e. The summed E-state index contributed by atoms with van der Waals surface area (Å²) in [6, 6.07) is 12.3. The number of benzene rings is 2. The Morgan fingerprint density at radius 1 is 1.28 bits per heavy atom. The monoisotopic (exact) mass is 534 g/mol. The van der Waals surface area contributed by atoms with Gasteiger partial charge in [-0.3, -0.25) is 15.0 Å². The highest BCUT2D eigenvalue weighted by Gasteiger charge is 2.34. The van der Waals surface area contributed by atoms with Crippen LogP contribution in [0.3, 0.4) is 0 Å². The second kappa shape index (κ2) is 11.0. The summed E-state index contributed by atoms with van der Waals surface area (Å²) >= 11 is 9.96. The number of hydrazine groups is 1. The van der Waals surface area contributed by atoms with E-state index in [9.17, 15) is 9.59 Å². The molecule has 9 heteroatoms. The van der Waals surface area contributed by atoms with E-state index >= 15 is 0 Å². The molecule has 1 heterocycles. The molecule has 2 aromatic rings. The third-order valence-electron chi connectivity index (χ3n) is 4.53. The fraction of sp³-hybridized carbons (Fsp3) is 0.261. The highest BCUT2D eigenvalue weighted by Crippen LogP contribution is 2.39. The van der Waals surface area contributed by atoms with Crippen LogP contribution in [0.15, 0.2) is 51.8 Å². The van der Waals surface area contributed by atoms with Gasteiger partial charge in [-0.05, 0) is 76.4 Å². The van der Waals surface area contributed by atoms with Gasteiger partial charge in [0.25, 0.3) is 11.8 Å². The number of carbonyl (C=O) groups is 2. The first kappa shape index (κ1) is 24.3. The second-order valence-electron chi connectivity index (χ2n) is 7.39. The molecule has 168 valence electrons. The van der Waals surface area contributed by atoms with E-state index in [0.717, 1.165) is 33.2 Å². The number of hydrogen-bond donors (Lipinski definition) is 1. The molecular weight excluding hydrogens is 512 g/mol. The van der Waals surface area contributed by atoms with Crippen LogP contribution in [0.2, 0.25) is 0 Å². The number of hydrogen-bond acceptors (Lipinski definition) is 6. The van der Waals surface area contributed by atoms with Gasteiger partial charge < -0.3 is 9.47 Å². The van der Waals surface area contributed by atoms with Crippen LogP contribution in [-0.4, -0.2) is 34.9 Å². The fourth-order valence-electron chi connectivity index (χ4n) is 2.83. The van der Waals surface area contributed by atoms with E-state index in [1.165, 1.54) is 0 Å². The Hall–Kier alpha value is -2.36.